The zero-order valence-corrected chi connectivity index (χ0v) is 18.6. The predicted octanol–water partition coefficient (Wildman–Crippen LogP) is 5.43. The lowest BCUT2D eigenvalue weighted by molar-refractivity contribution is -0.384. The van der Waals surface area contributed by atoms with E-state index in [4.69, 9.17) is 16.0 Å². The third-order valence-electron chi connectivity index (χ3n) is 5.48. The number of nitro benzene ring substituents is 1. The van der Waals surface area contributed by atoms with E-state index in [0.29, 0.717) is 0 Å². The Labute approximate surface area is 200 Å². The Bertz CT molecular complexity index is 1310. The number of carbonyl (C=O) groups is 1. The van der Waals surface area contributed by atoms with Crippen LogP contribution in [0.5, 0.6) is 0 Å². The number of hydrogen-bond donors (Lipinski definition) is 0. The number of hydrogen-bond acceptors (Lipinski definition) is 5. The summed E-state index contributed by atoms with van der Waals surface area (Å²) in [7, 11) is 0. The largest absolute Gasteiger partial charge is 0.456 e. The second kappa shape index (κ2) is 9.79. The standard InChI is InChI=1S/C23H16ClF4N3O4/c24-18-19(25)21(27)23(22(28)20(18)26)30-11-9-29(10-12-30)17(32)8-6-13-5-7-16(35-13)14-3-1-2-4-15(14)31(33)34/h1-8H,9-12H2/b8-6+. The van der Waals surface area contributed by atoms with Gasteiger partial charge in [0.2, 0.25) is 5.91 Å². The van der Waals surface area contributed by atoms with Gasteiger partial charge in [-0.2, -0.15) is 0 Å². The highest BCUT2D eigenvalue weighted by Crippen LogP contribution is 2.34. The van der Waals surface area contributed by atoms with Crippen LogP contribution in [0.3, 0.4) is 0 Å². The molecule has 1 aliphatic heterocycles. The summed E-state index contributed by atoms with van der Waals surface area (Å²) in [5.41, 5.74) is -0.709. The van der Waals surface area contributed by atoms with Gasteiger partial charge in [0.25, 0.3) is 5.69 Å². The van der Waals surface area contributed by atoms with E-state index in [9.17, 15) is 32.5 Å². The Morgan fingerprint density at radius 3 is 2.23 bits per heavy atom. The first-order valence-electron chi connectivity index (χ1n) is 10.3. The first kappa shape index (κ1) is 24.3. The normalized spacial score (nSPS) is 14.1. The molecule has 0 atom stereocenters. The van der Waals surface area contributed by atoms with Crippen molar-refractivity contribution in [1.82, 2.24) is 4.90 Å². The molecule has 7 nitrogen and oxygen atoms in total. The highest BCUT2D eigenvalue weighted by atomic mass is 35.5. The maximum absolute atomic E-state index is 14.2. The third kappa shape index (κ3) is 4.72. The molecule has 35 heavy (non-hydrogen) atoms. The Balaban J connectivity index is 1.42. The van der Waals surface area contributed by atoms with Gasteiger partial charge in [0.15, 0.2) is 23.3 Å². The molecule has 0 N–H and O–H groups in total. The molecule has 12 heteroatoms. The summed E-state index contributed by atoms with van der Waals surface area (Å²) in [6.07, 6.45) is 2.61. The predicted molar refractivity (Wildman–Crippen MR) is 120 cm³/mol. The monoisotopic (exact) mass is 509 g/mol. The zero-order chi connectivity index (χ0) is 25.3. The minimum atomic E-state index is -1.68. The molecule has 0 unspecified atom stereocenters. The third-order valence-corrected chi connectivity index (χ3v) is 5.81. The minimum absolute atomic E-state index is 0.0353. The summed E-state index contributed by atoms with van der Waals surface area (Å²) in [5, 5.41) is 9.94. The van der Waals surface area contributed by atoms with Gasteiger partial charge in [-0.05, 0) is 24.3 Å². The van der Waals surface area contributed by atoms with Crippen LogP contribution in [0.1, 0.15) is 5.76 Å². The number of nitrogens with zero attached hydrogens (tertiary/aromatic N) is 3. The van der Waals surface area contributed by atoms with Crippen molar-refractivity contribution in [2.24, 2.45) is 0 Å². The molecule has 3 aromatic rings. The van der Waals surface area contributed by atoms with E-state index in [1.807, 2.05) is 0 Å². The van der Waals surface area contributed by atoms with Crippen molar-refractivity contribution in [2.45, 2.75) is 0 Å². The number of amides is 1. The maximum Gasteiger partial charge on any atom is 0.280 e. The van der Waals surface area contributed by atoms with Gasteiger partial charge >= 0.3 is 0 Å². The molecular formula is C23H16ClF4N3O4. The van der Waals surface area contributed by atoms with E-state index in [1.165, 1.54) is 29.2 Å². The molecule has 1 saturated heterocycles. The lowest BCUT2D eigenvalue weighted by atomic mass is 10.1. The van der Waals surface area contributed by atoms with Gasteiger partial charge < -0.3 is 14.2 Å². The molecule has 2 aromatic carbocycles. The number of nitro groups is 1. The minimum Gasteiger partial charge on any atom is -0.456 e. The topological polar surface area (TPSA) is 79.8 Å². The van der Waals surface area contributed by atoms with Crippen LogP contribution in [0.2, 0.25) is 5.02 Å². The average Bonchev–Trinajstić information content (AvgIpc) is 3.34. The van der Waals surface area contributed by atoms with Gasteiger partial charge in [-0.3, -0.25) is 14.9 Å². The summed E-state index contributed by atoms with van der Waals surface area (Å²) in [4.78, 5) is 25.7. The van der Waals surface area contributed by atoms with Crippen LogP contribution < -0.4 is 4.90 Å². The molecule has 2 heterocycles. The molecule has 0 saturated carbocycles. The van der Waals surface area contributed by atoms with Crippen molar-refractivity contribution in [2.75, 3.05) is 31.1 Å². The van der Waals surface area contributed by atoms with Crippen LogP contribution in [-0.4, -0.2) is 41.9 Å². The molecular weight excluding hydrogens is 494 g/mol. The van der Waals surface area contributed by atoms with Crippen LogP contribution in [0, 0.1) is 33.4 Å². The van der Waals surface area contributed by atoms with Gasteiger partial charge in [0.05, 0.1) is 10.5 Å². The summed E-state index contributed by atoms with van der Waals surface area (Å²) in [5.74, 6) is -6.45. The van der Waals surface area contributed by atoms with Crippen molar-refractivity contribution >= 4 is 35.0 Å². The van der Waals surface area contributed by atoms with Crippen LogP contribution >= 0.6 is 11.6 Å². The first-order valence-corrected chi connectivity index (χ1v) is 10.6. The van der Waals surface area contributed by atoms with Crippen molar-refractivity contribution < 1.29 is 31.7 Å². The SMILES string of the molecule is O=C(/C=C/c1ccc(-c2ccccc2[N+](=O)[O-])o1)N1CCN(c2c(F)c(F)c(Cl)c(F)c2F)CC1. The second-order valence-corrected chi connectivity index (χ2v) is 7.92. The molecule has 182 valence electrons. The Morgan fingerprint density at radius 2 is 1.60 bits per heavy atom. The van der Waals surface area contributed by atoms with Gasteiger partial charge in [0.1, 0.15) is 22.2 Å². The number of piperazine rings is 1. The van der Waals surface area contributed by atoms with Crippen molar-refractivity contribution in [3.63, 3.8) is 0 Å². The highest BCUT2D eigenvalue weighted by molar-refractivity contribution is 6.31. The first-order chi connectivity index (χ1) is 16.7. The molecule has 0 radical (unpaired) electrons. The number of carbonyl (C=O) groups excluding carboxylic acids is 1. The van der Waals surface area contributed by atoms with Crippen LogP contribution in [0.15, 0.2) is 46.9 Å². The molecule has 1 aliphatic rings. The fourth-order valence-electron chi connectivity index (χ4n) is 3.71. The van der Waals surface area contributed by atoms with Gasteiger partial charge in [-0.15, -0.1) is 0 Å². The Hall–Kier alpha value is -3.86. The fraction of sp³-hybridized carbons (Fsp3) is 0.174. The van der Waals surface area contributed by atoms with Crippen molar-refractivity contribution in [3.8, 4) is 11.3 Å². The highest BCUT2D eigenvalue weighted by Gasteiger charge is 2.30. The number of anilines is 1. The fourth-order valence-corrected chi connectivity index (χ4v) is 3.87. The van der Waals surface area contributed by atoms with Crippen molar-refractivity contribution in [1.29, 1.82) is 0 Å². The van der Waals surface area contributed by atoms with E-state index < -0.39 is 44.8 Å². The van der Waals surface area contributed by atoms with E-state index in [2.05, 4.69) is 0 Å². The number of halogens is 5. The Kier molecular flexibility index (Phi) is 6.79. The van der Waals surface area contributed by atoms with E-state index in [1.54, 1.807) is 24.3 Å². The molecule has 1 amide bonds. The lowest BCUT2D eigenvalue weighted by Gasteiger charge is -2.36. The maximum atomic E-state index is 14.2. The summed E-state index contributed by atoms with van der Waals surface area (Å²) >= 11 is 5.26. The number of rotatable bonds is 5. The quantitative estimate of drug-likeness (QED) is 0.114. The lowest BCUT2D eigenvalue weighted by Crippen LogP contribution is -2.49. The van der Waals surface area contributed by atoms with Crippen LogP contribution in [-0.2, 0) is 4.79 Å². The van der Waals surface area contributed by atoms with E-state index in [-0.39, 0.29) is 49.0 Å². The van der Waals surface area contributed by atoms with Gasteiger partial charge in [0, 0.05) is 38.3 Å². The second-order valence-electron chi connectivity index (χ2n) is 7.54. The molecule has 4 rings (SSSR count). The van der Waals surface area contributed by atoms with Crippen LogP contribution in [0.4, 0.5) is 28.9 Å². The number of para-hydroxylation sites is 1. The van der Waals surface area contributed by atoms with E-state index >= 15 is 0 Å². The summed E-state index contributed by atoms with van der Waals surface area (Å²) in [6, 6.07) is 9.14. The number of benzene rings is 2. The Morgan fingerprint density at radius 1 is 0.971 bits per heavy atom. The smallest absolute Gasteiger partial charge is 0.280 e. The molecule has 0 spiro atoms. The molecule has 0 aliphatic carbocycles. The molecule has 1 aromatic heterocycles. The van der Waals surface area contributed by atoms with Gasteiger partial charge in [-0.25, -0.2) is 17.6 Å². The zero-order valence-electron chi connectivity index (χ0n) is 17.8. The summed E-state index contributed by atoms with van der Waals surface area (Å²) < 4.78 is 61.5. The van der Waals surface area contributed by atoms with E-state index in [0.717, 1.165) is 4.90 Å². The van der Waals surface area contributed by atoms with Gasteiger partial charge in [-0.1, -0.05) is 23.7 Å². The van der Waals surface area contributed by atoms with Crippen molar-refractivity contribution in [3.05, 3.63) is 86.6 Å². The molecule has 0 bridgehead atoms. The van der Waals surface area contributed by atoms with Crippen LogP contribution in [0.25, 0.3) is 17.4 Å². The number of furan rings is 1. The average molecular weight is 510 g/mol. The summed E-state index contributed by atoms with van der Waals surface area (Å²) in [6.45, 7) is -0.0753. The molecule has 1 fully saturated rings.